The number of benzene rings is 2. The highest BCUT2D eigenvalue weighted by Gasteiger charge is 2.23. The van der Waals surface area contributed by atoms with Crippen molar-refractivity contribution in [3.63, 3.8) is 0 Å². The van der Waals surface area contributed by atoms with Crippen LogP contribution < -0.4 is 10.2 Å². The number of rotatable bonds is 4. The van der Waals surface area contributed by atoms with E-state index in [0.29, 0.717) is 18.7 Å². The van der Waals surface area contributed by atoms with Crippen LogP contribution in [0.3, 0.4) is 0 Å². The van der Waals surface area contributed by atoms with Gasteiger partial charge in [-0.05, 0) is 36.8 Å². The van der Waals surface area contributed by atoms with Gasteiger partial charge in [0.15, 0.2) is 0 Å². The van der Waals surface area contributed by atoms with E-state index in [1.54, 1.807) is 30.0 Å². The molecule has 23 heavy (non-hydrogen) atoms. The van der Waals surface area contributed by atoms with Gasteiger partial charge >= 0.3 is 5.97 Å². The zero-order valence-electron chi connectivity index (χ0n) is 12.9. The first kappa shape index (κ1) is 15.1. The summed E-state index contributed by atoms with van der Waals surface area (Å²) in [6.45, 7) is 2.81. The zero-order valence-corrected chi connectivity index (χ0v) is 12.9. The summed E-state index contributed by atoms with van der Waals surface area (Å²) in [4.78, 5) is 25.8. The normalized spacial score (nSPS) is 13.3. The molecule has 1 aliphatic heterocycles. The first-order valence-electron chi connectivity index (χ1n) is 7.58. The van der Waals surface area contributed by atoms with Crippen molar-refractivity contribution in [1.82, 2.24) is 0 Å². The first-order chi connectivity index (χ1) is 11.2. The van der Waals surface area contributed by atoms with Gasteiger partial charge in [-0.3, -0.25) is 4.79 Å². The molecule has 1 amide bonds. The van der Waals surface area contributed by atoms with E-state index in [9.17, 15) is 9.59 Å². The molecule has 1 N–H and O–H groups in total. The van der Waals surface area contributed by atoms with Gasteiger partial charge in [0.25, 0.3) is 0 Å². The molecule has 2 aromatic carbocycles. The standard InChI is InChI=1S/C18H18N2O3/c1-2-23-18(22)14-7-5-6-13(10-14)12-20-16-9-4-3-8-15(16)19-11-17(20)21/h3-10,19H,2,11-12H2,1H3. The number of fused-ring (bicyclic) bond motifs is 1. The molecule has 5 nitrogen and oxygen atoms in total. The fourth-order valence-corrected chi connectivity index (χ4v) is 2.63. The summed E-state index contributed by atoms with van der Waals surface area (Å²) >= 11 is 0. The number of nitrogens with zero attached hydrogens (tertiary/aromatic N) is 1. The fourth-order valence-electron chi connectivity index (χ4n) is 2.63. The largest absolute Gasteiger partial charge is 0.462 e. The van der Waals surface area contributed by atoms with Crippen LogP contribution in [0.4, 0.5) is 11.4 Å². The van der Waals surface area contributed by atoms with Crippen LogP contribution in [0.1, 0.15) is 22.8 Å². The summed E-state index contributed by atoms with van der Waals surface area (Å²) in [7, 11) is 0. The second kappa shape index (κ2) is 6.52. The van der Waals surface area contributed by atoms with Gasteiger partial charge < -0.3 is 15.0 Å². The predicted molar refractivity (Wildman–Crippen MR) is 88.5 cm³/mol. The van der Waals surface area contributed by atoms with Gasteiger partial charge in [-0.2, -0.15) is 0 Å². The summed E-state index contributed by atoms with van der Waals surface area (Å²) in [5.41, 5.74) is 3.18. The summed E-state index contributed by atoms with van der Waals surface area (Å²) < 4.78 is 5.02. The molecule has 0 saturated heterocycles. The summed E-state index contributed by atoms with van der Waals surface area (Å²) in [6.07, 6.45) is 0. The van der Waals surface area contributed by atoms with Crippen LogP contribution in [-0.2, 0) is 16.1 Å². The molecule has 0 saturated carbocycles. The number of carbonyl (C=O) groups excluding carboxylic acids is 2. The van der Waals surface area contributed by atoms with E-state index in [2.05, 4.69) is 5.32 Å². The number of ether oxygens (including phenoxy) is 1. The van der Waals surface area contributed by atoms with E-state index in [0.717, 1.165) is 16.9 Å². The molecule has 0 aliphatic carbocycles. The second-order valence-corrected chi connectivity index (χ2v) is 5.27. The number of anilines is 2. The Morgan fingerprint density at radius 2 is 2.04 bits per heavy atom. The third kappa shape index (κ3) is 3.18. The van der Waals surface area contributed by atoms with Gasteiger partial charge in [0.2, 0.25) is 5.91 Å². The van der Waals surface area contributed by atoms with Crippen molar-refractivity contribution >= 4 is 23.3 Å². The van der Waals surface area contributed by atoms with Gasteiger partial charge in [0, 0.05) is 0 Å². The van der Waals surface area contributed by atoms with Crippen LogP contribution in [0.5, 0.6) is 0 Å². The molecule has 0 bridgehead atoms. The molecule has 2 aromatic rings. The zero-order chi connectivity index (χ0) is 16.2. The van der Waals surface area contributed by atoms with Gasteiger partial charge in [-0.15, -0.1) is 0 Å². The highest BCUT2D eigenvalue weighted by molar-refractivity contribution is 6.02. The maximum absolute atomic E-state index is 12.3. The van der Waals surface area contributed by atoms with Crippen molar-refractivity contribution in [2.75, 3.05) is 23.4 Å². The van der Waals surface area contributed by atoms with Crippen LogP contribution in [0, 0.1) is 0 Å². The van der Waals surface area contributed by atoms with Crippen molar-refractivity contribution in [2.45, 2.75) is 13.5 Å². The lowest BCUT2D eigenvalue weighted by Gasteiger charge is -2.30. The number of hydrogen-bond donors (Lipinski definition) is 1. The summed E-state index contributed by atoms with van der Waals surface area (Å²) in [5.74, 6) is -0.341. The SMILES string of the molecule is CCOC(=O)c1cccc(CN2C(=O)CNc3ccccc32)c1. The molecule has 0 fully saturated rings. The molecule has 0 unspecified atom stereocenters. The van der Waals surface area contributed by atoms with Crippen LogP contribution in [-0.4, -0.2) is 25.0 Å². The minimum atomic E-state index is -0.346. The molecular formula is C18H18N2O3. The van der Waals surface area contributed by atoms with Crippen LogP contribution in [0.25, 0.3) is 0 Å². The van der Waals surface area contributed by atoms with E-state index in [1.807, 2.05) is 30.3 Å². The predicted octanol–water partition coefficient (Wildman–Crippen LogP) is 2.82. The van der Waals surface area contributed by atoms with E-state index in [-0.39, 0.29) is 18.4 Å². The lowest BCUT2D eigenvalue weighted by molar-refractivity contribution is -0.117. The van der Waals surface area contributed by atoms with E-state index in [4.69, 9.17) is 4.74 Å². The molecule has 0 spiro atoms. The third-order valence-electron chi connectivity index (χ3n) is 3.70. The number of amides is 1. The fraction of sp³-hybridized carbons (Fsp3) is 0.222. The lowest BCUT2D eigenvalue weighted by atomic mass is 10.1. The molecule has 1 aliphatic rings. The Labute approximate surface area is 134 Å². The smallest absolute Gasteiger partial charge is 0.338 e. The van der Waals surface area contributed by atoms with Crippen molar-refractivity contribution in [3.05, 3.63) is 59.7 Å². The van der Waals surface area contributed by atoms with Crippen LogP contribution >= 0.6 is 0 Å². The molecule has 3 rings (SSSR count). The highest BCUT2D eigenvalue weighted by atomic mass is 16.5. The Balaban J connectivity index is 1.86. The molecule has 0 atom stereocenters. The molecule has 1 heterocycles. The minimum absolute atomic E-state index is 0.00485. The number of carbonyl (C=O) groups is 2. The number of esters is 1. The quantitative estimate of drug-likeness (QED) is 0.882. The summed E-state index contributed by atoms with van der Waals surface area (Å²) in [5, 5.41) is 3.11. The van der Waals surface area contributed by atoms with Crippen molar-refractivity contribution < 1.29 is 14.3 Å². The second-order valence-electron chi connectivity index (χ2n) is 5.27. The van der Waals surface area contributed by atoms with Crippen molar-refractivity contribution in [1.29, 1.82) is 0 Å². The molecule has 5 heteroatoms. The van der Waals surface area contributed by atoms with Crippen molar-refractivity contribution in [2.24, 2.45) is 0 Å². The Morgan fingerprint density at radius 3 is 2.87 bits per heavy atom. The maximum atomic E-state index is 12.3. The van der Waals surface area contributed by atoms with Gasteiger partial charge in [-0.1, -0.05) is 24.3 Å². The average Bonchev–Trinajstić information content (AvgIpc) is 2.58. The maximum Gasteiger partial charge on any atom is 0.338 e. The van der Waals surface area contributed by atoms with E-state index in [1.165, 1.54) is 0 Å². The molecular weight excluding hydrogens is 292 g/mol. The number of para-hydroxylation sites is 2. The van der Waals surface area contributed by atoms with E-state index >= 15 is 0 Å². The first-order valence-corrected chi connectivity index (χ1v) is 7.58. The van der Waals surface area contributed by atoms with E-state index < -0.39 is 0 Å². The highest BCUT2D eigenvalue weighted by Crippen LogP contribution is 2.30. The average molecular weight is 310 g/mol. The molecule has 118 valence electrons. The van der Waals surface area contributed by atoms with Crippen LogP contribution in [0.15, 0.2) is 48.5 Å². The van der Waals surface area contributed by atoms with Gasteiger partial charge in [-0.25, -0.2) is 4.79 Å². The topological polar surface area (TPSA) is 58.6 Å². The minimum Gasteiger partial charge on any atom is -0.462 e. The monoisotopic (exact) mass is 310 g/mol. The molecule has 0 aromatic heterocycles. The number of hydrogen-bond acceptors (Lipinski definition) is 4. The van der Waals surface area contributed by atoms with Gasteiger partial charge in [0.1, 0.15) is 0 Å². The lowest BCUT2D eigenvalue weighted by Crippen LogP contribution is -2.39. The molecule has 0 radical (unpaired) electrons. The Morgan fingerprint density at radius 1 is 1.22 bits per heavy atom. The summed E-state index contributed by atoms with van der Waals surface area (Å²) in [6, 6.07) is 14.9. The Hall–Kier alpha value is -2.82. The Bertz CT molecular complexity index is 743. The number of nitrogens with one attached hydrogen (secondary N) is 1. The van der Waals surface area contributed by atoms with Crippen molar-refractivity contribution in [3.8, 4) is 0 Å². The Kier molecular flexibility index (Phi) is 4.28. The van der Waals surface area contributed by atoms with Crippen LogP contribution in [0.2, 0.25) is 0 Å². The van der Waals surface area contributed by atoms with Gasteiger partial charge in [0.05, 0.1) is 36.6 Å². The third-order valence-corrected chi connectivity index (χ3v) is 3.70.